The molecule has 0 saturated heterocycles. The highest BCUT2D eigenvalue weighted by Gasteiger charge is 2.10. The number of nitrogens with one attached hydrogen (secondary N) is 2. The van der Waals surface area contributed by atoms with Crippen molar-refractivity contribution in [1.29, 1.82) is 0 Å². The average molecular weight is 369 g/mol. The van der Waals surface area contributed by atoms with E-state index in [4.69, 9.17) is 16.3 Å². The van der Waals surface area contributed by atoms with Gasteiger partial charge in [-0.3, -0.25) is 4.79 Å². The Kier molecular flexibility index (Phi) is 5.66. The van der Waals surface area contributed by atoms with E-state index in [9.17, 15) is 4.79 Å². The number of halogens is 1. The van der Waals surface area contributed by atoms with Crippen molar-refractivity contribution in [2.45, 2.75) is 6.54 Å². The molecule has 1 amide bonds. The molecule has 0 aliphatic carbocycles. The van der Waals surface area contributed by atoms with Crippen molar-refractivity contribution in [3.63, 3.8) is 0 Å². The molecule has 2 N–H and O–H groups in total. The average Bonchev–Trinajstić information content (AvgIpc) is 2.68. The molecule has 0 unspecified atom stereocenters. The van der Waals surface area contributed by atoms with Crippen LogP contribution in [-0.2, 0) is 6.54 Å². The Hall–Kier alpha value is -3.12. The van der Waals surface area contributed by atoms with Crippen molar-refractivity contribution in [2.75, 3.05) is 17.7 Å². The van der Waals surface area contributed by atoms with Gasteiger partial charge in [0, 0.05) is 6.54 Å². The van der Waals surface area contributed by atoms with Crippen LogP contribution in [0.5, 0.6) is 5.75 Å². The molecule has 0 fully saturated rings. The predicted octanol–water partition coefficient (Wildman–Crippen LogP) is 4.00. The maximum absolute atomic E-state index is 12.2. The fourth-order valence-corrected chi connectivity index (χ4v) is 2.48. The Morgan fingerprint density at radius 2 is 1.69 bits per heavy atom. The number of rotatable bonds is 6. The molecule has 1 aromatic heterocycles. The van der Waals surface area contributed by atoms with Crippen LogP contribution in [0, 0.1) is 0 Å². The van der Waals surface area contributed by atoms with Gasteiger partial charge in [-0.2, -0.15) is 0 Å². The van der Waals surface area contributed by atoms with Crippen LogP contribution in [0.3, 0.4) is 0 Å². The third kappa shape index (κ3) is 4.49. The Labute approximate surface area is 156 Å². The molecule has 2 aromatic carbocycles. The van der Waals surface area contributed by atoms with Crippen molar-refractivity contribution >= 4 is 29.1 Å². The maximum atomic E-state index is 12.2. The molecule has 3 aromatic rings. The van der Waals surface area contributed by atoms with E-state index in [0.29, 0.717) is 28.8 Å². The van der Waals surface area contributed by atoms with Crippen LogP contribution in [0.4, 0.5) is 11.6 Å². The van der Waals surface area contributed by atoms with Crippen molar-refractivity contribution in [3.05, 3.63) is 76.8 Å². The molecular formula is C19H17ClN4O2. The second kappa shape index (κ2) is 8.31. The van der Waals surface area contributed by atoms with Gasteiger partial charge < -0.3 is 15.4 Å². The summed E-state index contributed by atoms with van der Waals surface area (Å²) < 4.78 is 5.13. The summed E-state index contributed by atoms with van der Waals surface area (Å²) in [7, 11) is 1.63. The Morgan fingerprint density at radius 3 is 2.35 bits per heavy atom. The quantitative estimate of drug-likeness (QED) is 0.687. The van der Waals surface area contributed by atoms with Gasteiger partial charge in [-0.05, 0) is 42.0 Å². The number of aromatic nitrogens is 2. The first kappa shape index (κ1) is 17.7. The summed E-state index contributed by atoms with van der Waals surface area (Å²) >= 11 is 6.01. The largest absolute Gasteiger partial charge is 0.497 e. The van der Waals surface area contributed by atoms with Gasteiger partial charge in [0.2, 0.25) is 0 Å². The smallest absolute Gasteiger partial charge is 0.258 e. The van der Waals surface area contributed by atoms with E-state index in [1.54, 1.807) is 43.5 Å². The van der Waals surface area contributed by atoms with Gasteiger partial charge in [-0.1, -0.05) is 35.9 Å². The number of methoxy groups -OCH3 is 1. The van der Waals surface area contributed by atoms with Crippen LogP contribution in [0.1, 0.15) is 15.9 Å². The Bertz CT molecular complexity index is 883. The first-order chi connectivity index (χ1) is 12.7. The number of anilines is 2. The fourth-order valence-electron chi connectivity index (χ4n) is 2.26. The van der Waals surface area contributed by atoms with E-state index in [-0.39, 0.29) is 5.91 Å². The second-order valence-corrected chi connectivity index (χ2v) is 5.85. The number of ether oxygens (including phenoxy) is 1. The Morgan fingerprint density at radius 1 is 1.00 bits per heavy atom. The second-order valence-electron chi connectivity index (χ2n) is 5.44. The van der Waals surface area contributed by atoms with Gasteiger partial charge in [0.15, 0.2) is 5.82 Å². The third-order valence-electron chi connectivity index (χ3n) is 3.66. The molecule has 0 aliphatic heterocycles. The molecule has 7 heteroatoms. The summed E-state index contributed by atoms with van der Waals surface area (Å²) in [5.41, 5.74) is 1.47. The lowest BCUT2D eigenvalue weighted by Gasteiger charge is -2.08. The zero-order valence-electron chi connectivity index (χ0n) is 14.1. The summed E-state index contributed by atoms with van der Waals surface area (Å²) in [5, 5.41) is 14.3. The van der Waals surface area contributed by atoms with Gasteiger partial charge in [0.1, 0.15) is 11.6 Å². The van der Waals surface area contributed by atoms with Crippen LogP contribution in [0.15, 0.2) is 60.7 Å². The molecule has 0 radical (unpaired) electrons. The zero-order chi connectivity index (χ0) is 18.4. The number of nitrogens with zero attached hydrogens (tertiary/aromatic N) is 2. The molecule has 0 atom stereocenters. The predicted molar refractivity (Wildman–Crippen MR) is 102 cm³/mol. The lowest BCUT2D eigenvalue weighted by molar-refractivity contribution is 0.102. The van der Waals surface area contributed by atoms with E-state index in [0.717, 1.165) is 11.3 Å². The summed E-state index contributed by atoms with van der Waals surface area (Å²) in [6, 6.07) is 18.0. The Balaban J connectivity index is 1.57. The molecule has 26 heavy (non-hydrogen) atoms. The molecule has 3 rings (SSSR count). The molecule has 0 saturated carbocycles. The third-order valence-corrected chi connectivity index (χ3v) is 3.99. The molecular weight excluding hydrogens is 352 g/mol. The van der Waals surface area contributed by atoms with E-state index in [1.807, 2.05) is 24.3 Å². The number of carbonyl (C=O) groups is 1. The summed E-state index contributed by atoms with van der Waals surface area (Å²) in [6.07, 6.45) is 0. The van der Waals surface area contributed by atoms with Gasteiger partial charge in [0.05, 0.1) is 17.7 Å². The molecule has 0 spiro atoms. The lowest BCUT2D eigenvalue weighted by atomic mass is 10.2. The highest BCUT2D eigenvalue weighted by molar-refractivity contribution is 6.34. The SMILES string of the molecule is COc1ccc(CNc2ccc(NC(=O)c3ccccc3Cl)nn2)cc1. The molecule has 132 valence electrons. The van der Waals surface area contributed by atoms with Crippen LogP contribution < -0.4 is 15.4 Å². The van der Waals surface area contributed by atoms with Crippen LogP contribution in [0.2, 0.25) is 5.02 Å². The summed E-state index contributed by atoms with van der Waals surface area (Å²) in [5.74, 6) is 1.44. The molecule has 0 bridgehead atoms. The van der Waals surface area contributed by atoms with Gasteiger partial charge in [-0.25, -0.2) is 0 Å². The standard InChI is InChI=1S/C19H17ClN4O2/c1-26-14-8-6-13(7-9-14)12-21-17-10-11-18(24-23-17)22-19(25)15-4-2-3-5-16(15)20/h2-11H,12H2,1H3,(H,21,23)(H,22,24,25). The molecule has 0 aliphatic rings. The van der Waals surface area contributed by atoms with Crippen molar-refractivity contribution < 1.29 is 9.53 Å². The number of hydrogen-bond donors (Lipinski definition) is 2. The van der Waals surface area contributed by atoms with E-state index in [2.05, 4.69) is 20.8 Å². The maximum Gasteiger partial charge on any atom is 0.258 e. The van der Waals surface area contributed by atoms with Crippen molar-refractivity contribution in [1.82, 2.24) is 10.2 Å². The lowest BCUT2D eigenvalue weighted by Crippen LogP contribution is -2.14. The summed E-state index contributed by atoms with van der Waals surface area (Å²) in [4.78, 5) is 12.2. The number of carbonyl (C=O) groups excluding carboxylic acids is 1. The van der Waals surface area contributed by atoms with Crippen LogP contribution in [0.25, 0.3) is 0 Å². The van der Waals surface area contributed by atoms with Gasteiger partial charge >= 0.3 is 0 Å². The molecule has 6 nitrogen and oxygen atoms in total. The van der Waals surface area contributed by atoms with Crippen LogP contribution in [-0.4, -0.2) is 23.2 Å². The molecule has 1 heterocycles. The van der Waals surface area contributed by atoms with Crippen molar-refractivity contribution in [3.8, 4) is 5.75 Å². The van der Waals surface area contributed by atoms with Crippen LogP contribution >= 0.6 is 11.6 Å². The monoisotopic (exact) mass is 368 g/mol. The fraction of sp³-hybridized carbons (Fsp3) is 0.105. The number of amides is 1. The number of hydrogen-bond acceptors (Lipinski definition) is 5. The number of benzene rings is 2. The highest BCUT2D eigenvalue weighted by Crippen LogP contribution is 2.17. The van der Waals surface area contributed by atoms with E-state index >= 15 is 0 Å². The minimum atomic E-state index is -0.330. The first-order valence-electron chi connectivity index (χ1n) is 7.92. The van der Waals surface area contributed by atoms with Gasteiger partial charge in [-0.15, -0.1) is 10.2 Å². The normalized spacial score (nSPS) is 10.2. The minimum Gasteiger partial charge on any atom is -0.497 e. The van der Waals surface area contributed by atoms with E-state index in [1.165, 1.54) is 0 Å². The van der Waals surface area contributed by atoms with Crippen molar-refractivity contribution in [2.24, 2.45) is 0 Å². The zero-order valence-corrected chi connectivity index (χ0v) is 14.8. The summed E-state index contributed by atoms with van der Waals surface area (Å²) in [6.45, 7) is 0.601. The highest BCUT2D eigenvalue weighted by atomic mass is 35.5. The van der Waals surface area contributed by atoms with E-state index < -0.39 is 0 Å². The minimum absolute atomic E-state index is 0.330. The topological polar surface area (TPSA) is 76.1 Å². The van der Waals surface area contributed by atoms with Gasteiger partial charge in [0.25, 0.3) is 5.91 Å². The first-order valence-corrected chi connectivity index (χ1v) is 8.30.